The molecule has 2 unspecified atom stereocenters. The molecule has 0 saturated carbocycles. The van der Waals surface area contributed by atoms with Gasteiger partial charge >= 0.3 is 0 Å². The molecule has 0 aliphatic heterocycles. The van der Waals surface area contributed by atoms with Crippen LogP contribution in [0.1, 0.15) is 33.9 Å². The van der Waals surface area contributed by atoms with E-state index in [4.69, 9.17) is 4.43 Å². The summed E-state index contributed by atoms with van der Waals surface area (Å²) in [6.07, 6.45) is 2.65. The summed E-state index contributed by atoms with van der Waals surface area (Å²) in [5.41, 5.74) is 6.52. The largest absolute Gasteiger partial charge is 0.410 e. The molecule has 2 atom stereocenters. The molecule has 0 saturated heterocycles. The molecule has 4 rings (SSSR count). The summed E-state index contributed by atoms with van der Waals surface area (Å²) in [6, 6.07) is 17.4. The highest BCUT2D eigenvalue weighted by Crippen LogP contribution is 2.38. The van der Waals surface area contributed by atoms with Gasteiger partial charge in [-0.2, -0.15) is 0 Å². The Kier molecular flexibility index (Phi) is 2.38. The lowest BCUT2D eigenvalue weighted by molar-refractivity contribution is 0.186. The third-order valence-corrected chi connectivity index (χ3v) is 5.23. The molecule has 0 fully saturated rings. The van der Waals surface area contributed by atoms with Crippen molar-refractivity contribution in [2.24, 2.45) is 0 Å². The fourth-order valence-corrected chi connectivity index (χ4v) is 4.10. The molecular formula is C16H14OSi. The van der Waals surface area contributed by atoms with Crippen LogP contribution >= 0.6 is 0 Å². The minimum absolute atomic E-state index is 0.354. The van der Waals surface area contributed by atoms with Gasteiger partial charge in [-0.15, -0.1) is 0 Å². The molecule has 2 aromatic carbocycles. The predicted molar refractivity (Wildman–Crippen MR) is 72.6 cm³/mol. The van der Waals surface area contributed by atoms with Crippen LogP contribution in [0.15, 0.2) is 48.5 Å². The molecule has 1 nitrogen and oxygen atoms in total. The minimum Gasteiger partial charge on any atom is -0.410 e. The van der Waals surface area contributed by atoms with E-state index in [-0.39, 0.29) is 0 Å². The molecular weight excluding hydrogens is 236 g/mol. The summed E-state index contributed by atoms with van der Waals surface area (Å²) in [6.45, 7) is 0. The molecule has 2 aliphatic carbocycles. The van der Waals surface area contributed by atoms with Crippen LogP contribution in [0, 0.1) is 0 Å². The second-order valence-electron chi connectivity index (χ2n) is 5.08. The van der Waals surface area contributed by atoms with Crippen molar-refractivity contribution in [3.63, 3.8) is 0 Å². The van der Waals surface area contributed by atoms with Crippen molar-refractivity contribution in [2.75, 3.05) is 0 Å². The van der Waals surface area contributed by atoms with Gasteiger partial charge in [0.25, 0.3) is 0 Å². The van der Waals surface area contributed by atoms with Gasteiger partial charge in [0.15, 0.2) is 0 Å². The van der Waals surface area contributed by atoms with E-state index in [0.29, 0.717) is 21.4 Å². The molecule has 0 heterocycles. The molecule has 2 aliphatic rings. The van der Waals surface area contributed by atoms with Gasteiger partial charge in [0, 0.05) is 12.0 Å². The summed E-state index contributed by atoms with van der Waals surface area (Å²) in [5, 5.41) is 0. The van der Waals surface area contributed by atoms with Crippen molar-refractivity contribution in [1.29, 1.82) is 0 Å². The minimum atomic E-state index is 0.354. The zero-order valence-corrected chi connectivity index (χ0v) is 11.1. The normalized spacial score (nSPS) is 23.6. The van der Waals surface area contributed by atoms with Gasteiger partial charge in [-0.3, -0.25) is 0 Å². The van der Waals surface area contributed by atoms with Crippen LogP contribution in [0.5, 0.6) is 0 Å². The molecule has 0 aromatic heterocycles. The predicted octanol–water partition coefficient (Wildman–Crippen LogP) is 3.22. The molecule has 2 aromatic rings. The van der Waals surface area contributed by atoms with E-state index in [1.807, 2.05) is 0 Å². The Labute approximate surface area is 110 Å². The highest BCUT2D eigenvalue weighted by molar-refractivity contribution is 6.31. The van der Waals surface area contributed by atoms with E-state index in [2.05, 4.69) is 48.5 Å². The quantitative estimate of drug-likeness (QED) is 0.760. The lowest BCUT2D eigenvalue weighted by Crippen LogP contribution is -2.28. The molecule has 0 bridgehead atoms. The second-order valence-corrected chi connectivity index (χ2v) is 6.25. The summed E-state index contributed by atoms with van der Waals surface area (Å²) < 4.78 is 6.09. The third-order valence-electron chi connectivity index (χ3n) is 4.01. The van der Waals surface area contributed by atoms with Crippen molar-refractivity contribution in [1.82, 2.24) is 0 Å². The maximum absolute atomic E-state index is 6.09. The molecule has 0 spiro atoms. The molecule has 88 valence electrons. The van der Waals surface area contributed by atoms with Crippen LogP contribution in [-0.4, -0.2) is 9.76 Å². The van der Waals surface area contributed by atoms with Gasteiger partial charge in [-0.1, -0.05) is 48.5 Å². The van der Waals surface area contributed by atoms with E-state index < -0.39 is 0 Å². The maximum Gasteiger partial charge on any atom is 0.239 e. The molecule has 18 heavy (non-hydrogen) atoms. The Morgan fingerprint density at radius 3 is 2.22 bits per heavy atom. The lowest BCUT2D eigenvalue weighted by atomic mass is 9.86. The van der Waals surface area contributed by atoms with E-state index in [9.17, 15) is 0 Å². The maximum atomic E-state index is 6.09. The van der Waals surface area contributed by atoms with E-state index in [1.165, 1.54) is 28.7 Å². The number of hydrogen-bond donors (Lipinski definition) is 0. The number of fused-ring (bicyclic) bond motifs is 2. The average molecular weight is 250 g/mol. The van der Waals surface area contributed by atoms with Gasteiger partial charge in [-0.25, -0.2) is 0 Å². The molecule has 2 radical (unpaired) electrons. The Morgan fingerprint density at radius 2 is 1.50 bits per heavy atom. The van der Waals surface area contributed by atoms with Crippen molar-refractivity contribution >= 4 is 9.76 Å². The SMILES string of the molecule is c1ccc2c(c1)CC2O[Si]C1Cc2ccccc21. The van der Waals surface area contributed by atoms with Gasteiger partial charge in [-0.05, 0) is 28.7 Å². The van der Waals surface area contributed by atoms with Crippen LogP contribution in [0.25, 0.3) is 0 Å². The fourth-order valence-electron chi connectivity index (χ4n) is 2.85. The number of hydrogen-bond acceptors (Lipinski definition) is 1. The number of benzene rings is 2. The Morgan fingerprint density at radius 1 is 0.833 bits per heavy atom. The van der Waals surface area contributed by atoms with Crippen molar-refractivity contribution < 1.29 is 4.43 Å². The topological polar surface area (TPSA) is 9.23 Å². The molecule has 0 amide bonds. The highest BCUT2D eigenvalue weighted by Gasteiger charge is 2.31. The smallest absolute Gasteiger partial charge is 0.239 e. The summed E-state index contributed by atoms with van der Waals surface area (Å²) in [4.78, 5) is 0. The molecule has 0 N–H and O–H groups in total. The van der Waals surface area contributed by atoms with Gasteiger partial charge in [0.05, 0.1) is 6.10 Å². The first-order valence-electron chi connectivity index (χ1n) is 6.48. The Balaban J connectivity index is 1.40. The zero-order valence-electron chi connectivity index (χ0n) is 10.1. The average Bonchev–Trinajstić information content (AvgIpc) is 2.35. The standard InChI is InChI=1S/C16H14OSi/c1-3-7-13-11(5-1)9-15(13)17-18-16-10-12-6-2-4-8-14(12)16/h1-8,15-16H,9-10H2. The van der Waals surface area contributed by atoms with Gasteiger partial charge in [0.2, 0.25) is 9.76 Å². The lowest BCUT2D eigenvalue weighted by Gasteiger charge is -2.34. The Bertz CT molecular complexity index is 540. The van der Waals surface area contributed by atoms with Crippen molar-refractivity contribution in [2.45, 2.75) is 24.5 Å². The van der Waals surface area contributed by atoms with E-state index in [1.54, 1.807) is 0 Å². The van der Waals surface area contributed by atoms with Crippen molar-refractivity contribution in [3.8, 4) is 0 Å². The molecule has 2 heteroatoms. The number of rotatable bonds is 3. The summed E-state index contributed by atoms with van der Waals surface area (Å²) in [5.74, 6) is 0. The zero-order chi connectivity index (χ0) is 11.9. The van der Waals surface area contributed by atoms with E-state index in [0.717, 1.165) is 6.42 Å². The van der Waals surface area contributed by atoms with E-state index >= 15 is 0 Å². The third kappa shape index (κ3) is 1.56. The van der Waals surface area contributed by atoms with Crippen LogP contribution in [0.2, 0.25) is 0 Å². The first kappa shape index (κ1) is 10.5. The summed E-state index contributed by atoms with van der Waals surface area (Å²) >= 11 is 0. The highest BCUT2D eigenvalue weighted by atomic mass is 28.2. The monoisotopic (exact) mass is 250 g/mol. The first-order chi connectivity index (χ1) is 8.92. The van der Waals surface area contributed by atoms with Crippen LogP contribution < -0.4 is 0 Å². The second kappa shape index (κ2) is 4.07. The van der Waals surface area contributed by atoms with Crippen LogP contribution in [-0.2, 0) is 17.3 Å². The van der Waals surface area contributed by atoms with Crippen molar-refractivity contribution in [3.05, 3.63) is 70.8 Å². The first-order valence-corrected chi connectivity index (χ1v) is 7.47. The summed E-state index contributed by atoms with van der Waals surface area (Å²) in [7, 11) is 0.610. The Hall–Kier alpha value is -1.38. The van der Waals surface area contributed by atoms with Gasteiger partial charge in [0.1, 0.15) is 0 Å². The fraction of sp³-hybridized carbons (Fsp3) is 0.250. The van der Waals surface area contributed by atoms with Gasteiger partial charge < -0.3 is 4.43 Å². The van der Waals surface area contributed by atoms with Crippen LogP contribution in [0.4, 0.5) is 0 Å². The van der Waals surface area contributed by atoms with Crippen LogP contribution in [0.3, 0.4) is 0 Å².